The van der Waals surface area contributed by atoms with Crippen LogP contribution in [0, 0.1) is 11.7 Å². The number of nitrogens with one attached hydrogen (secondary N) is 2. The van der Waals surface area contributed by atoms with Gasteiger partial charge in [-0.15, -0.1) is 0 Å². The van der Waals surface area contributed by atoms with Crippen LogP contribution in [0.2, 0.25) is 0 Å². The van der Waals surface area contributed by atoms with Gasteiger partial charge in [-0.2, -0.15) is 0 Å². The minimum atomic E-state index is -0.264. The van der Waals surface area contributed by atoms with Gasteiger partial charge < -0.3 is 15.5 Å². The van der Waals surface area contributed by atoms with E-state index in [-0.39, 0.29) is 23.7 Å². The number of nitrogens with zero attached hydrogens (tertiary/aromatic N) is 1. The van der Waals surface area contributed by atoms with Crippen LogP contribution >= 0.6 is 0 Å². The van der Waals surface area contributed by atoms with Crippen molar-refractivity contribution in [1.29, 1.82) is 0 Å². The molecule has 1 heterocycles. The number of hydrogen-bond donors (Lipinski definition) is 2. The maximum Gasteiger partial charge on any atom is 0.321 e. The van der Waals surface area contributed by atoms with Crippen LogP contribution in [0.4, 0.5) is 14.9 Å². The van der Waals surface area contributed by atoms with E-state index >= 15 is 0 Å². The van der Waals surface area contributed by atoms with Gasteiger partial charge in [-0.05, 0) is 49.1 Å². The van der Waals surface area contributed by atoms with Gasteiger partial charge in [0.15, 0.2) is 0 Å². The number of para-hydroxylation sites is 1. The highest BCUT2D eigenvalue weighted by molar-refractivity contribution is 5.89. The van der Waals surface area contributed by atoms with E-state index in [9.17, 15) is 14.0 Å². The number of likely N-dealkylation sites (tertiary alicyclic amines) is 1. The molecule has 6 heteroatoms. The molecular weight excluding hydrogens is 345 g/mol. The van der Waals surface area contributed by atoms with Crippen molar-refractivity contribution in [2.24, 2.45) is 5.92 Å². The summed E-state index contributed by atoms with van der Waals surface area (Å²) in [4.78, 5) is 26.3. The predicted octanol–water partition coefficient (Wildman–Crippen LogP) is 3.43. The van der Waals surface area contributed by atoms with E-state index in [0.717, 1.165) is 11.3 Å². The molecule has 0 aromatic heterocycles. The maximum absolute atomic E-state index is 13.2. The maximum atomic E-state index is 13.2. The highest BCUT2D eigenvalue weighted by Gasteiger charge is 2.27. The van der Waals surface area contributed by atoms with Crippen molar-refractivity contribution >= 4 is 17.6 Å². The van der Waals surface area contributed by atoms with Gasteiger partial charge in [0.05, 0.1) is 0 Å². The van der Waals surface area contributed by atoms with Gasteiger partial charge in [0.1, 0.15) is 5.82 Å². The lowest BCUT2D eigenvalue weighted by atomic mass is 9.96. The van der Waals surface area contributed by atoms with Crippen molar-refractivity contribution < 1.29 is 14.0 Å². The lowest BCUT2D eigenvalue weighted by Crippen LogP contribution is -2.44. The van der Waals surface area contributed by atoms with Crippen LogP contribution in [0.3, 0.4) is 0 Å². The van der Waals surface area contributed by atoms with Crippen LogP contribution in [-0.4, -0.2) is 36.5 Å². The quantitative estimate of drug-likeness (QED) is 0.848. The molecule has 1 aliphatic heterocycles. The Hall–Kier alpha value is -2.89. The third kappa shape index (κ3) is 5.54. The molecule has 3 rings (SSSR count). The summed E-state index contributed by atoms with van der Waals surface area (Å²) in [6, 6.07) is 15.6. The molecule has 2 N–H and O–H groups in total. The number of benzene rings is 2. The fourth-order valence-electron chi connectivity index (χ4n) is 3.24. The molecule has 0 atom stereocenters. The highest BCUT2D eigenvalue weighted by atomic mass is 19.1. The largest absolute Gasteiger partial charge is 0.356 e. The standard InChI is InChI=1S/C21H24FN3O2/c22-18-6-4-5-16(15-18)9-12-23-20(26)17-10-13-25(14-11-17)21(27)24-19-7-2-1-3-8-19/h1-8,15,17H,9-14H2,(H,23,26)(H,24,27). The number of carbonyl (C=O) groups excluding carboxylic acids is 2. The van der Waals surface area contributed by atoms with Crippen molar-refractivity contribution in [2.45, 2.75) is 19.3 Å². The summed E-state index contributed by atoms with van der Waals surface area (Å²) in [6.07, 6.45) is 1.89. The summed E-state index contributed by atoms with van der Waals surface area (Å²) in [5, 5.41) is 5.79. The van der Waals surface area contributed by atoms with Gasteiger partial charge in [0.2, 0.25) is 5.91 Å². The lowest BCUT2D eigenvalue weighted by molar-refractivity contribution is -0.126. The summed E-state index contributed by atoms with van der Waals surface area (Å²) in [6.45, 7) is 1.60. The van der Waals surface area contributed by atoms with Gasteiger partial charge in [0.25, 0.3) is 0 Å². The van der Waals surface area contributed by atoms with Crippen LogP contribution in [-0.2, 0) is 11.2 Å². The zero-order chi connectivity index (χ0) is 19.1. The normalized spacial score (nSPS) is 14.6. The number of halogens is 1. The smallest absolute Gasteiger partial charge is 0.321 e. The lowest BCUT2D eigenvalue weighted by Gasteiger charge is -2.31. The zero-order valence-electron chi connectivity index (χ0n) is 15.2. The van der Waals surface area contributed by atoms with Gasteiger partial charge in [-0.3, -0.25) is 4.79 Å². The van der Waals surface area contributed by atoms with E-state index in [1.165, 1.54) is 12.1 Å². The second-order valence-electron chi connectivity index (χ2n) is 6.73. The van der Waals surface area contributed by atoms with Crippen molar-refractivity contribution in [2.75, 3.05) is 25.0 Å². The monoisotopic (exact) mass is 369 g/mol. The van der Waals surface area contributed by atoms with Gasteiger partial charge in [-0.25, -0.2) is 9.18 Å². The molecule has 3 amide bonds. The Kier molecular flexibility index (Phi) is 6.41. The average Bonchev–Trinajstić information content (AvgIpc) is 2.69. The van der Waals surface area contributed by atoms with E-state index in [0.29, 0.717) is 38.9 Å². The third-order valence-corrected chi connectivity index (χ3v) is 4.78. The molecule has 0 saturated carbocycles. The van der Waals surface area contributed by atoms with Crippen molar-refractivity contribution in [1.82, 2.24) is 10.2 Å². The summed E-state index contributed by atoms with van der Waals surface area (Å²) >= 11 is 0. The summed E-state index contributed by atoms with van der Waals surface area (Å²) in [5.41, 5.74) is 1.63. The molecule has 0 radical (unpaired) electrons. The number of rotatable bonds is 5. The van der Waals surface area contributed by atoms with Crippen molar-refractivity contribution in [3.05, 3.63) is 66.0 Å². The number of piperidine rings is 1. The first-order valence-electron chi connectivity index (χ1n) is 9.25. The number of amides is 3. The van der Waals surface area contributed by atoms with Gasteiger partial charge in [0, 0.05) is 31.2 Å². The third-order valence-electron chi connectivity index (χ3n) is 4.78. The fraction of sp³-hybridized carbons (Fsp3) is 0.333. The highest BCUT2D eigenvalue weighted by Crippen LogP contribution is 2.18. The summed E-state index contributed by atoms with van der Waals surface area (Å²) < 4.78 is 13.2. The first-order chi connectivity index (χ1) is 13.1. The Labute approximate surface area is 158 Å². The topological polar surface area (TPSA) is 61.4 Å². The molecule has 0 unspecified atom stereocenters. The molecule has 0 aliphatic carbocycles. The van der Waals surface area contributed by atoms with E-state index in [1.54, 1.807) is 11.0 Å². The Balaban J connectivity index is 1.39. The number of anilines is 1. The molecule has 0 bridgehead atoms. The first kappa shape index (κ1) is 18.9. The molecule has 1 saturated heterocycles. The number of hydrogen-bond acceptors (Lipinski definition) is 2. The second kappa shape index (κ2) is 9.16. The average molecular weight is 369 g/mol. The second-order valence-corrected chi connectivity index (χ2v) is 6.73. The molecule has 0 spiro atoms. The van der Waals surface area contributed by atoms with Crippen LogP contribution in [0.25, 0.3) is 0 Å². The molecule has 2 aromatic rings. The molecule has 2 aromatic carbocycles. The molecule has 142 valence electrons. The zero-order valence-corrected chi connectivity index (χ0v) is 15.2. The van der Waals surface area contributed by atoms with Gasteiger partial charge in [-0.1, -0.05) is 30.3 Å². The van der Waals surface area contributed by atoms with Crippen LogP contribution in [0.5, 0.6) is 0 Å². The Morgan fingerprint density at radius 3 is 2.48 bits per heavy atom. The Morgan fingerprint density at radius 1 is 1.04 bits per heavy atom. The Bertz CT molecular complexity index is 774. The van der Waals surface area contributed by atoms with Crippen molar-refractivity contribution in [3.8, 4) is 0 Å². The SMILES string of the molecule is O=C(NCCc1cccc(F)c1)C1CCN(C(=O)Nc2ccccc2)CC1. The van der Waals surface area contributed by atoms with E-state index in [4.69, 9.17) is 0 Å². The van der Waals surface area contributed by atoms with Crippen LogP contribution in [0.1, 0.15) is 18.4 Å². The summed E-state index contributed by atoms with van der Waals surface area (Å²) in [7, 11) is 0. The van der Waals surface area contributed by atoms with Gasteiger partial charge >= 0.3 is 6.03 Å². The molecule has 1 aliphatic rings. The van der Waals surface area contributed by atoms with E-state index < -0.39 is 0 Å². The number of urea groups is 1. The molecule has 1 fully saturated rings. The van der Waals surface area contributed by atoms with Crippen molar-refractivity contribution in [3.63, 3.8) is 0 Å². The predicted molar refractivity (Wildman–Crippen MR) is 103 cm³/mol. The minimum absolute atomic E-state index is 0.00882. The summed E-state index contributed by atoms with van der Waals surface area (Å²) in [5.74, 6) is -0.340. The molecule has 27 heavy (non-hydrogen) atoms. The first-order valence-corrected chi connectivity index (χ1v) is 9.25. The van der Waals surface area contributed by atoms with Crippen LogP contribution < -0.4 is 10.6 Å². The molecule has 5 nitrogen and oxygen atoms in total. The number of carbonyl (C=O) groups is 2. The van der Waals surface area contributed by atoms with E-state index in [1.807, 2.05) is 36.4 Å². The fourth-order valence-corrected chi connectivity index (χ4v) is 3.24. The van der Waals surface area contributed by atoms with Crippen LogP contribution in [0.15, 0.2) is 54.6 Å². The Morgan fingerprint density at radius 2 is 1.78 bits per heavy atom. The minimum Gasteiger partial charge on any atom is -0.356 e. The van der Waals surface area contributed by atoms with E-state index in [2.05, 4.69) is 10.6 Å². The molecular formula is C21H24FN3O2.